The standard InChI is InChI=1S/C22H21N5O3/c1-26-12-11-23-20(26)14-30-16-9-7-15(8-10-16)22(29)27(2)13-19-24-18-6-4-3-5-17(18)21(28)25-19/h3-12H,13-14H2,1-2H3,(H,24,25,28). The Hall–Kier alpha value is -3.94. The summed E-state index contributed by atoms with van der Waals surface area (Å²) in [6.07, 6.45) is 3.57. The summed E-state index contributed by atoms with van der Waals surface area (Å²) < 4.78 is 7.61. The number of benzene rings is 2. The number of ether oxygens (including phenoxy) is 1. The topological polar surface area (TPSA) is 93.1 Å². The molecule has 0 saturated carbocycles. The van der Waals surface area contributed by atoms with Crippen molar-refractivity contribution in [2.45, 2.75) is 13.2 Å². The van der Waals surface area contributed by atoms with E-state index in [1.165, 1.54) is 4.90 Å². The molecule has 0 atom stereocenters. The van der Waals surface area contributed by atoms with Crippen LogP contribution in [0.5, 0.6) is 5.75 Å². The van der Waals surface area contributed by atoms with E-state index in [2.05, 4.69) is 15.0 Å². The molecule has 0 spiro atoms. The number of aromatic nitrogens is 4. The number of rotatable bonds is 6. The third-order valence-electron chi connectivity index (χ3n) is 4.79. The van der Waals surface area contributed by atoms with Crippen LogP contribution in [-0.2, 0) is 20.2 Å². The highest BCUT2D eigenvalue weighted by molar-refractivity contribution is 5.94. The second-order valence-corrected chi connectivity index (χ2v) is 6.96. The van der Waals surface area contributed by atoms with Crippen molar-refractivity contribution in [3.8, 4) is 5.75 Å². The fraction of sp³-hybridized carbons (Fsp3) is 0.182. The first-order chi connectivity index (χ1) is 14.5. The molecule has 4 rings (SSSR count). The molecule has 1 N–H and O–H groups in total. The van der Waals surface area contributed by atoms with Crippen LogP contribution in [0.1, 0.15) is 22.0 Å². The maximum atomic E-state index is 12.8. The number of aromatic amines is 1. The Balaban J connectivity index is 1.42. The molecule has 0 fully saturated rings. The molecule has 152 valence electrons. The molecule has 0 radical (unpaired) electrons. The normalized spacial score (nSPS) is 10.9. The molecular weight excluding hydrogens is 382 g/mol. The molecule has 0 aliphatic carbocycles. The molecule has 0 aliphatic heterocycles. The van der Waals surface area contributed by atoms with Crippen molar-refractivity contribution in [1.29, 1.82) is 0 Å². The summed E-state index contributed by atoms with van der Waals surface area (Å²) in [6, 6.07) is 14.0. The smallest absolute Gasteiger partial charge is 0.258 e. The largest absolute Gasteiger partial charge is 0.486 e. The zero-order valence-corrected chi connectivity index (χ0v) is 16.7. The van der Waals surface area contributed by atoms with E-state index in [0.717, 1.165) is 5.82 Å². The molecule has 4 aromatic rings. The molecule has 0 saturated heterocycles. The second-order valence-electron chi connectivity index (χ2n) is 6.96. The highest BCUT2D eigenvalue weighted by Gasteiger charge is 2.14. The third-order valence-corrected chi connectivity index (χ3v) is 4.79. The first-order valence-corrected chi connectivity index (χ1v) is 9.44. The van der Waals surface area contributed by atoms with Crippen LogP contribution in [0, 0.1) is 0 Å². The SMILES string of the molecule is CN(Cc1nc2ccccc2c(=O)[nH]1)C(=O)c1ccc(OCc2nccn2C)cc1. The van der Waals surface area contributed by atoms with Crippen LogP contribution in [0.3, 0.4) is 0 Å². The van der Waals surface area contributed by atoms with Gasteiger partial charge in [0.05, 0.1) is 17.4 Å². The fourth-order valence-electron chi connectivity index (χ4n) is 3.10. The van der Waals surface area contributed by atoms with Gasteiger partial charge in [0.15, 0.2) is 0 Å². The van der Waals surface area contributed by atoms with Gasteiger partial charge in [-0.25, -0.2) is 9.97 Å². The van der Waals surface area contributed by atoms with Gasteiger partial charge in [0.2, 0.25) is 0 Å². The van der Waals surface area contributed by atoms with E-state index in [1.54, 1.807) is 55.7 Å². The molecule has 30 heavy (non-hydrogen) atoms. The van der Waals surface area contributed by atoms with Crippen LogP contribution < -0.4 is 10.3 Å². The van der Waals surface area contributed by atoms with Crippen LogP contribution in [-0.4, -0.2) is 37.4 Å². The molecule has 2 aromatic carbocycles. The molecule has 8 heteroatoms. The lowest BCUT2D eigenvalue weighted by molar-refractivity contribution is 0.0781. The molecular formula is C22H21N5O3. The number of hydrogen-bond donors (Lipinski definition) is 1. The minimum Gasteiger partial charge on any atom is -0.486 e. The Kier molecular flexibility index (Phi) is 5.30. The number of nitrogens with one attached hydrogen (secondary N) is 1. The highest BCUT2D eigenvalue weighted by Crippen LogP contribution is 2.15. The summed E-state index contributed by atoms with van der Waals surface area (Å²) in [7, 11) is 3.57. The Morgan fingerprint density at radius 2 is 1.93 bits per heavy atom. The van der Waals surface area contributed by atoms with Crippen molar-refractivity contribution in [2.75, 3.05) is 7.05 Å². The van der Waals surface area contributed by atoms with Gasteiger partial charge in [-0.2, -0.15) is 0 Å². The van der Waals surface area contributed by atoms with Gasteiger partial charge in [-0.3, -0.25) is 9.59 Å². The Bertz CT molecular complexity index is 1240. The lowest BCUT2D eigenvalue weighted by Gasteiger charge is -2.17. The molecule has 0 unspecified atom stereocenters. The summed E-state index contributed by atoms with van der Waals surface area (Å²) in [5, 5.41) is 0.524. The maximum Gasteiger partial charge on any atom is 0.258 e. The zero-order chi connectivity index (χ0) is 21.1. The van der Waals surface area contributed by atoms with Gasteiger partial charge in [0.25, 0.3) is 11.5 Å². The highest BCUT2D eigenvalue weighted by atomic mass is 16.5. The monoisotopic (exact) mass is 403 g/mol. The first-order valence-electron chi connectivity index (χ1n) is 9.44. The van der Waals surface area contributed by atoms with E-state index in [1.807, 2.05) is 23.9 Å². The average molecular weight is 403 g/mol. The minimum atomic E-state index is -0.217. The maximum absolute atomic E-state index is 12.8. The van der Waals surface area contributed by atoms with Crippen molar-refractivity contribution >= 4 is 16.8 Å². The fourth-order valence-corrected chi connectivity index (χ4v) is 3.10. The summed E-state index contributed by atoms with van der Waals surface area (Å²) in [5.74, 6) is 1.72. The van der Waals surface area contributed by atoms with Gasteiger partial charge in [-0.1, -0.05) is 12.1 Å². The number of carbonyl (C=O) groups is 1. The third kappa shape index (κ3) is 4.07. The van der Waals surface area contributed by atoms with E-state index in [4.69, 9.17) is 4.74 Å². The number of carbonyl (C=O) groups excluding carboxylic acids is 1. The second kappa shape index (κ2) is 8.20. The Morgan fingerprint density at radius 1 is 1.17 bits per heavy atom. The molecule has 1 amide bonds. The van der Waals surface area contributed by atoms with E-state index in [-0.39, 0.29) is 18.0 Å². The Labute approximate surface area is 172 Å². The lowest BCUT2D eigenvalue weighted by Crippen LogP contribution is -2.28. The summed E-state index contributed by atoms with van der Waals surface area (Å²) >= 11 is 0. The van der Waals surface area contributed by atoms with Crippen LogP contribution >= 0.6 is 0 Å². The zero-order valence-electron chi connectivity index (χ0n) is 16.7. The molecule has 2 aromatic heterocycles. The van der Waals surface area contributed by atoms with Crippen molar-refractivity contribution in [1.82, 2.24) is 24.4 Å². The number of hydrogen-bond acceptors (Lipinski definition) is 5. The number of H-pyrrole nitrogens is 1. The predicted molar refractivity (Wildman–Crippen MR) is 112 cm³/mol. The number of para-hydroxylation sites is 1. The van der Waals surface area contributed by atoms with E-state index in [9.17, 15) is 9.59 Å². The van der Waals surface area contributed by atoms with Gasteiger partial charge in [-0.15, -0.1) is 0 Å². The number of aryl methyl sites for hydroxylation is 1. The van der Waals surface area contributed by atoms with Crippen molar-refractivity contribution in [3.05, 3.63) is 88.5 Å². The quantitative estimate of drug-likeness (QED) is 0.534. The molecule has 0 bridgehead atoms. The predicted octanol–water partition coefficient (Wildman–Crippen LogP) is 2.51. The van der Waals surface area contributed by atoms with Crippen LogP contribution in [0.2, 0.25) is 0 Å². The average Bonchev–Trinajstić information content (AvgIpc) is 3.17. The summed E-state index contributed by atoms with van der Waals surface area (Å²) in [4.78, 5) is 37.9. The van der Waals surface area contributed by atoms with Crippen LogP contribution in [0.4, 0.5) is 0 Å². The van der Waals surface area contributed by atoms with Crippen LogP contribution in [0.25, 0.3) is 10.9 Å². The summed E-state index contributed by atoms with van der Waals surface area (Å²) in [6.45, 7) is 0.536. The van der Waals surface area contributed by atoms with Gasteiger partial charge < -0.3 is 19.2 Å². The van der Waals surface area contributed by atoms with Crippen LogP contribution in [0.15, 0.2) is 65.7 Å². The number of nitrogens with zero attached hydrogens (tertiary/aromatic N) is 4. The van der Waals surface area contributed by atoms with Gasteiger partial charge >= 0.3 is 0 Å². The Morgan fingerprint density at radius 3 is 2.67 bits per heavy atom. The van der Waals surface area contributed by atoms with E-state index < -0.39 is 0 Å². The lowest BCUT2D eigenvalue weighted by atomic mass is 10.2. The molecule has 8 nitrogen and oxygen atoms in total. The minimum absolute atomic E-state index is 0.179. The van der Waals surface area contributed by atoms with Gasteiger partial charge in [0.1, 0.15) is 24.0 Å². The number of amides is 1. The first kappa shape index (κ1) is 19.4. The number of imidazole rings is 1. The number of fused-ring (bicyclic) bond motifs is 1. The van der Waals surface area contributed by atoms with Crippen molar-refractivity contribution in [2.24, 2.45) is 7.05 Å². The van der Waals surface area contributed by atoms with Crippen molar-refractivity contribution in [3.63, 3.8) is 0 Å². The van der Waals surface area contributed by atoms with E-state index >= 15 is 0 Å². The summed E-state index contributed by atoms with van der Waals surface area (Å²) in [5.41, 5.74) is 0.905. The van der Waals surface area contributed by atoms with Gasteiger partial charge in [0, 0.05) is 32.1 Å². The van der Waals surface area contributed by atoms with Gasteiger partial charge in [-0.05, 0) is 36.4 Å². The molecule has 0 aliphatic rings. The van der Waals surface area contributed by atoms with Crippen molar-refractivity contribution < 1.29 is 9.53 Å². The van der Waals surface area contributed by atoms with E-state index in [0.29, 0.717) is 34.6 Å². The molecule has 2 heterocycles.